The van der Waals surface area contributed by atoms with Gasteiger partial charge in [0.25, 0.3) is 0 Å². The molecule has 6 nitrogen and oxygen atoms in total. The molecule has 8 heteroatoms. The van der Waals surface area contributed by atoms with Crippen molar-refractivity contribution in [3.8, 4) is 0 Å². The number of hydrogen-bond donors (Lipinski definition) is 1. The van der Waals surface area contributed by atoms with Crippen molar-refractivity contribution in [1.29, 1.82) is 0 Å². The molecule has 2 heterocycles. The lowest BCUT2D eigenvalue weighted by Crippen LogP contribution is -2.45. The molecule has 1 fully saturated rings. The van der Waals surface area contributed by atoms with Crippen molar-refractivity contribution >= 4 is 29.5 Å². The Morgan fingerprint density at radius 1 is 0.535 bits per heavy atom. The molecule has 0 aliphatic carbocycles. The van der Waals surface area contributed by atoms with Crippen LogP contribution in [-0.4, -0.2) is 82.6 Å². The second-order valence-corrected chi connectivity index (χ2v) is 14.8. The third-order valence-electron chi connectivity index (χ3n) is 8.61. The molecule has 1 aromatic heterocycles. The number of hydrogen-bond acceptors (Lipinski definition) is 8. The van der Waals surface area contributed by atoms with Crippen molar-refractivity contribution in [2.75, 3.05) is 63.1 Å². The molecule has 2 rings (SSSR count). The third-order valence-corrected chi connectivity index (χ3v) is 10.5. The molecule has 0 bridgehead atoms. The first kappa shape index (κ1) is 38.6. The standard InChI is InChI=1S/C35H68N6S2/c1-4-6-8-10-12-13-14-15-16-17-18-20-22-24-32-43-35-38-33(36-25-26-41-29-27-40(3)28-30-41)37-34(39-35)42-31-23-21-19-11-9-7-5-2/h4-32H2,1-3H3,(H,36,37,38,39). The van der Waals surface area contributed by atoms with Gasteiger partial charge in [0.1, 0.15) is 0 Å². The summed E-state index contributed by atoms with van der Waals surface area (Å²) < 4.78 is 0. The Bertz CT molecular complexity index is 760. The Kier molecular flexibility index (Phi) is 24.9. The maximum Gasteiger partial charge on any atom is 0.227 e. The van der Waals surface area contributed by atoms with Crippen LogP contribution in [0.5, 0.6) is 0 Å². The maximum absolute atomic E-state index is 4.85. The van der Waals surface area contributed by atoms with E-state index in [1.165, 1.54) is 135 Å². The van der Waals surface area contributed by atoms with Gasteiger partial charge in [0.05, 0.1) is 0 Å². The van der Waals surface area contributed by atoms with Crippen molar-refractivity contribution < 1.29 is 0 Å². The second-order valence-electron chi connectivity index (χ2n) is 12.7. The van der Waals surface area contributed by atoms with Crippen LogP contribution in [0.2, 0.25) is 0 Å². The lowest BCUT2D eigenvalue weighted by Gasteiger charge is -2.32. The Labute approximate surface area is 275 Å². The normalized spacial score (nSPS) is 14.5. The number of anilines is 1. The summed E-state index contributed by atoms with van der Waals surface area (Å²) in [7, 11) is 2.21. The SMILES string of the molecule is CCCCCCCCCCCCCCCCSc1nc(NCCN2CCN(C)CC2)nc(SCCCCCCCCC)n1. The predicted octanol–water partition coefficient (Wildman–Crippen LogP) is 9.95. The summed E-state index contributed by atoms with van der Waals surface area (Å²) >= 11 is 3.63. The summed E-state index contributed by atoms with van der Waals surface area (Å²) in [5, 5.41) is 5.32. The van der Waals surface area contributed by atoms with Crippen molar-refractivity contribution in [1.82, 2.24) is 24.8 Å². The quantitative estimate of drug-likeness (QED) is 0.0689. The van der Waals surface area contributed by atoms with Crippen molar-refractivity contribution in [2.24, 2.45) is 0 Å². The first-order valence-electron chi connectivity index (χ1n) is 18.4. The zero-order valence-electron chi connectivity index (χ0n) is 28.6. The molecule has 43 heavy (non-hydrogen) atoms. The minimum absolute atomic E-state index is 0.759. The van der Waals surface area contributed by atoms with E-state index in [0.29, 0.717) is 0 Å². The number of thioether (sulfide) groups is 2. The zero-order chi connectivity index (χ0) is 30.6. The van der Waals surface area contributed by atoms with E-state index in [9.17, 15) is 0 Å². The van der Waals surface area contributed by atoms with Gasteiger partial charge in [-0.1, -0.05) is 159 Å². The minimum Gasteiger partial charge on any atom is -0.353 e. The fourth-order valence-corrected chi connectivity index (χ4v) is 7.35. The van der Waals surface area contributed by atoms with E-state index in [1.807, 2.05) is 23.5 Å². The summed E-state index contributed by atoms with van der Waals surface area (Å²) in [6.07, 6.45) is 29.0. The fourth-order valence-electron chi connectivity index (χ4n) is 5.63. The highest BCUT2D eigenvalue weighted by molar-refractivity contribution is 7.99. The Morgan fingerprint density at radius 3 is 1.35 bits per heavy atom. The van der Waals surface area contributed by atoms with Gasteiger partial charge in [0.2, 0.25) is 5.95 Å². The van der Waals surface area contributed by atoms with Crippen LogP contribution in [-0.2, 0) is 0 Å². The van der Waals surface area contributed by atoms with E-state index in [0.717, 1.165) is 67.0 Å². The first-order chi connectivity index (χ1) is 21.2. The highest BCUT2D eigenvalue weighted by Crippen LogP contribution is 2.23. The van der Waals surface area contributed by atoms with Crippen LogP contribution < -0.4 is 5.32 Å². The van der Waals surface area contributed by atoms with Crippen LogP contribution in [0.3, 0.4) is 0 Å². The van der Waals surface area contributed by atoms with Gasteiger partial charge in [-0.2, -0.15) is 15.0 Å². The Hall–Kier alpha value is -0.570. The van der Waals surface area contributed by atoms with E-state index < -0.39 is 0 Å². The molecule has 1 aliphatic heterocycles. The van der Waals surface area contributed by atoms with Crippen LogP contribution >= 0.6 is 23.5 Å². The minimum atomic E-state index is 0.759. The van der Waals surface area contributed by atoms with Crippen molar-refractivity contribution in [2.45, 2.75) is 159 Å². The summed E-state index contributed by atoms with van der Waals surface area (Å²) in [4.78, 5) is 19.4. The summed E-state index contributed by atoms with van der Waals surface area (Å²) in [5.41, 5.74) is 0. The topological polar surface area (TPSA) is 57.2 Å². The molecule has 1 N–H and O–H groups in total. The largest absolute Gasteiger partial charge is 0.353 e. The maximum atomic E-state index is 4.85. The highest BCUT2D eigenvalue weighted by Gasteiger charge is 2.14. The Morgan fingerprint density at radius 2 is 0.930 bits per heavy atom. The van der Waals surface area contributed by atoms with Crippen molar-refractivity contribution in [3.63, 3.8) is 0 Å². The molecule has 0 aromatic carbocycles. The number of unbranched alkanes of at least 4 members (excludes halogenated alkanes) is 19. The lowest BCUT2D eigenvalue weighted by atomic mass is 10.0. The number of aromatic nitrogens is 3. The van der Waals surface area contributed by atoms with Crippen LogP contribution in [0, 0.1) is 0 Å². The molecule has 1 saturated heterocycles. The molecule has 0 saturated carbocycles. The van der Waals surface area contributed by atoms with E-state index in [1.54, 1.807) is 0 Å². The van der Waals surface area contributed by atoms with Gasteiger partial charge in [-0.3, -0.25) is 4.90 Å². The van der Waals surface area contributed by atoms with Gasteiger partial charge in [-0.25, -0.2) is 0 Å². The predicted molar refractivity (Wildman–Crippen MR) is 192 cm³/mol. The monoisotopic (exact) mass is 636 g/mol. The van der Waals surface area contributed by atoms with E-state index in [4.69, 9.17) is 15.0 Å². The molecule has 1 aliphatic rings. The van der Waals surface area contributed by atoms with Gasteiger partial charge in [0, 0.05) is 50.8 Å². The van der Waals surface area contributed by atoms with E-state index >= 15 is 0 Å². The fraction of sp³-hybridized carbons (Fsp3) is 0.914. The smallest absolute Gasteiger partial charge is 0.227 e. The van der Waals surface area contributed by atoms with Crippen LogP contribution in [0.15, 0.2) is 10.3 Å². The average Bonchev–Trinajstić information content (AvgIpc) is 3.01. The highest BCUT2D eigenvalue weighted by atomic mass is 32.2. The third kappa shape index (κ3) is 21.7. The first-order valence-corrected chi connectivity index (χ1v) is 20.3. The van der Waals surface area contributed by atoms with E-state index in [2.05, 4.69) is 36.0 Å². The molecule has 250 valence electrons. The molecule has 0 spiro atoms. The van der Waals surface area contributed by atoms with E-state index in [-0.39, 0.29) is 0 Å². The zero-order valence-corrected chi connectivity index (χ0v) is 30.2. The molecular weight excluding hydrogens is 569 g/mol. The van der Waals surface area contributed by atoms with Crippen LogP contribution in [0.1, 0.15) is 149 Å². The number of nitrogens with zero attached hydrogens (tertiary/aromatic N) is 5. The molecule has 0 radical (unpaired) electrons. The van der Waals surface area contributed by atoms with Gasteiger partial charge in [-0.15, -0.1) is 0 Å². The number of rotatable bonds is 29. The molecule has 0 amide bonds. The number of nitrogens with one attached hydrogen (secondary N) is 1. The Balaban J connectivity index is 1.63. The number of likely N-dealkylation sites (N-methyl/N-ethyl adjacent to an activating group) is 1. The molecule has 0 unspecified atom stereocenters. The average molecular weight is 637 g/mol. The molecule has 1 aromatic rings. The van der Waals surface area contributed by atoms with Gasteiger partial charge in [-0.05, 0) is 19.9 Å². The van der Waals surface area contributed by atoms with Gasteiger partial charge in [0.15, 0.2) is 10.3 Å². The van der Waals surface area contributed by atoms with Crippen LogP contribution in [0.25, 0.3) is 0 Å². The van der Waals surface area contributed by atoms with Gasteiger partial charge >= 0.3 is 0 Å². The summed E-state index contributed by atoms with van der Waals surface area (Å²) in [5.74, 6) is 2.96. The molecular formula is C35H68N6S2. The van der Waals surface area contributed by atoms with Crippen molar-refractivity contribution in [3.05, 3.63) is 0 Å². The summed E-state index contributed by atoms with van der Waals surface area (Å²) in [6.45, 7) is 11.1. The second kappa shape index (κ2) is 27.7. The van der Waals surface area contributed by atoms with Gasteiger partial charge < -0.3 is 10.2 Å². The lowest BCUT2D eigenvalue weighted by molar-refractivity contribution is 0.158. The molecule has 0 atom stereocenters. The summed E-state index contributed by atoms with van der Waals surface area (Å²) in [6, 6.07) is 0. The van der Waals surface area contributed by atoms with Crippen LogP contribution in [0.4, 0.5) is 5.95 Å². The number of piperazine rings is 1.